The van der Waals surface area contributed by atoms with E-state index in [9.17, 15) is 20.1 Å². The maximum atomic E-state index is 11.1. The van der Waals surface area contributed by atoms with Gasteiger partial charge in [-0.2, -0.15) is 12.6 Å². The highest BCUT2D eigenvalue weighted by atomic mass is 32.1. The average molecular weight is 255 g/mol. The molecule has 7 nitrogen and oxygen atoms in total. The van der Waals surface area contributed by atoms with Crippen LogP contribution in [0.2, 0.25) is 0 Å². The average Bonchev–Trinajstić information content (AvgIpc) is 2.31. The van der Waals surface area contributed by atoms with Gasteiger partial charge >= 0.3 is 0 Å². The Morgan fingerprint density at radius 3 is 2.19 bits per heavy atom. The molecule has 0 saturated carbocycles. The number of amides is 1. The summed E-state index contributed by atoms with van der Waals surface area (Å²) in [7, 11) is 0. The minimum atomic E-state index is -1.88. The number of nitrogens with one attached hydrogen (secondary N) is 1. The maximum Gasteiger partial charge on any atom is 0.251 e. The number of hydrogen-bond acceptors (Lipinski definition) is 7. The van der Waals surface area contributed by atoms with Gasteiger partial charge in [0, 0.05) is 12.3 Å². The molecule has 0 heterocycles. The van der Waals surface area contributed by atoms with Crippen molar-refractivity contribution in [2.45, 2.75) is 24.4 Å². The summed E-state index contributed by atoms with van der Waals surface area (Å²) in [6, 6.07) is 0. The van der Waals surface area contributed by atoms with E-state index in [2.05, 4.69) is 17.9 Å². The number of carbonyl (C=O) groups is 1. The molecule has 0 spiro atoms. The Morgan fingerprint density at radius 2 is 1.75 bits per heavy atom. The fraction of sp³-hybridized carbons (Fsp3) is 0.875. The third-order valence-corrected chi connectivity index (χ3v) is 2.16. The van der Waals surface area contributed by atoms with Crippen LogP contribution in [-0.4, -0.2) is 74.8 Å². The molecular weight excluding hydrogens is 238 g/mol. The zero-order valence-corrected chi connectivity index (χ0v) is 9.42. The van der Waals surface area contributed by atoms with Crippen LogP contribution in [0.25, 0.3) is 0 Å². The van der Waals surface area contributed by atoms with Crippen LogP contribution in [0.1, 0.15) is 0 Å². The van der Waals surface area contributed by atoms with E-state index in [0.717, 1.165) is 0 Å². The van der Waals surface area contributed by atoms with E-state index in [1.165, 1.54) is 0 Å². The second-order valence-electron chi connectivity index (χ2n) is 3.19. The lowest BCUT2D eigenvalue weighted by atomic mass is 10.0. The minimum absolute atomic E-state index is 0.199. The molecule has 96 valence electrons. The number of aliphatic hydroxyl groups is 5. The number of rotatable bonds is 7. The van der Waals surface area contributed by atoms with Gasteiger partial charge in [0.25, 0.3) is 5.91 Å². The molecule has 0 rings (SSSR count). The smallest absolute Gasteiger partial charge is 0.251 e. The molecule has 0 aliphatic heterocycles. The second-order valence-corrected chi connectivity index (χ2v) is 3.64. The quantitative estimate of drug-likeness (QED) is 0.236. The van der Waals surface area contributed by atoms with Gasteiger partial charge in [0.05, 0.1) is 6.61 Å². The third-order valence-electron chi connectivity index (χ3n) is 1.93. The highest BCUT2D eigenvalue weighted by molar-refractivity contribution is 7.80. The lowest BCUT2D eigenvalue weighted by Gasteiger charge is -2.24. The molecule has 6 N–H and O–H groups in total. The first-order valence-corrected chi connectivity index (χ1v) is 5.30. The summed E-state index contributed by atoms with van der Waals surface area (Å²) in [6.45, 7) is -0.590. The first-order chi connectivity index (χ1) is 7.45. The molecule has 0 saturated heterocycles. The Morgan fingerprint density at radius 1 is 1.19 bits per heavy atom. The van der Waals surface area contributed by atoms with Crippen molar-refractivity contribution < 1.29 is 30.3 Å². The molecule has 8 heteroatoms. The van der Waals surface area contributed by atoms with Gasteiger partial charge in [-0.25, -0.2) is 0 Å². The topological polar surface area (TPSA) is 130 Å². The SMILES string of the molecule is O=C(NCCS)[C@H](O)[C@@H](O)[C@H](O)[C@H](O)CO. The molecule has 0 aliphatic rings. The predicted octanol–water partition coefficient (Wildman–Crippen LogP) is -3.53. The van der Waals surface area contributed by atoms with Crippen molar-refractivity contribution >= 4 is 18.5 Å². The van der Waals surface area contributed by atoms with Gasteiger partial charge in [-0.15, -0.1) is 0 Å². The highest BCUT2D eigenvalue weighted by Gasteiger charge is 2.33. The van der Waals surface area contributed by atoms with Gasteiger partial charge < -0.3 is 30.8 Å². The Kier molecular flexibility index (Phi) is 7.64. The van der Waals surface area contributed by atoms with Crippen LogP contribution >= 0.6 is 12.6 Å². The van der Waals surface area contributed by atoms with Crippen LogP contribution in [0, 0.1) is 0 Å². The number of hydrogen-bond donors (Lipinski definition) is 7. The monoisotopic (exact) mass is 255 g/mol. The summed E-state index contributed by atoms with van der Waals surface area (Å²) in [5, 5.41) is 47.5. The van der Waals surface area contributed by atoms with Gasteiger partial charge in [-0.3, -0.25) is 4.79 Å². The van der Waals surface area contributed by atoms with Crippen LogP contribution in [0.4, 0.5) is 0 Å². The van der Waals surface area contributed by atoms with Crippen LogP contribution in [0.5, 0.6) is 0 Å². The molecule has 16 heavy (non-hydrogen) atoms. The molecular formula is C8H17NO6S. The van der Waals surface area contributed by atoms with E-state index >= 15 is 0 Å². The molecule has 4 atom stereocenters. The van der Waals surface area contributed by atoms with E-state index in [0.29, 0.717) is 5.75 Å². The zero-order valence-electron chi connectivity index (χ0n) is 8.52. The molecule has 0 aromatic heterocycles. The molecule has 1 amide bonds. The Balaban J connectivity index is 4.25. The molecule has 0 aliphatic carbocycles. The first kappa shape index (κ1) is 15.6. The second kappa shape index (κ2) is 7.82. The summed E-state index contributed by atoms with van der Waals surface area (Å²) >= 11 is 3.82. The molecule has 0 aromatic rings. The highest BCUT2D eigenvalue weighted by Crippen LogP contribution is 2.05. The van der Waals surface area contributed by atoms with E-state index in [-0.39, 0.29) is 6.54 Å². The van der Waals surface area contributed by atoms with Crippen molar-refractivity contribution in [2.24, 2.45) is 0 Å². The van der Waals surface area contributed by atoms with Gasteiger partial charge in [0.1, 0.15) is 18.3 Å². The molecule has 0 aromatic carbocycles. The lowest BCUT2D eigenvalue weighted by Crippen LogP contribution is -2.51. The van der Waals surface area contributed by atoms with Crippen molar-refractivity contribution in [2.75, 3.05) is 18.9 Å². The summed E-state index contributed by atoms with van der Waals surface area (Å²) in [4.78, 5) is 11.1. The van der Waals surface area contributed by atoms with Crippen molar-refractivity contribution in [3.05, 3.63) is 0 Å². The summed E-state index contributed by atoms with van der Waals surface area (Å²) in [5.74, 6) is -0.526. The summed E-state index contributed by atoms with van der Waals surface area (Å²) < 4.78 is 0. The van der Waals surface area contributed by atoms with Crippen molar-refractivity contribution in [1.29, 1.82) is 0 Å². The standard InChI is InChI=1S/C8H17NO6S/c10-3-4(11)5(12)6(13)7(14)8(15)9-1-2-16/h4-7,10-14,16H,1-3H2,(H,9,15)/t4-,5-,6+,7-/m1/s1. The maximum absolute atomic E-state index is 11.1. The fourth-order valence-electron chi connectivity index (χ4n) is 0.961. The molecule has 0 fully saturated rings. The van der Waals surface area contributed by atoms with Crippen LogP contribution in [-0.2, 0) is 4.79 Å². The minimum Gasteiger partial charge on any atom is -0.394 e. The Bertz CT molecular complexity index is 217. The zero-order chi connectivity index (χ0) is 12.7. The van der Waals surface area contributed by atoms with Crippen molar-refractivity contribution in [3.8, 4) is 0 Å². The van der Waals surface area contributed by atoms with E-state index in [1.54, 1.807) is 0 Å². The lowest BCUT2D eigenvalue weighted by molar-refractivity contribution is -0.148. The summed E-state index contributed by atoms with van der Waals surface area (Å²) in [5.41, 5.74) is 0. The van der Waals surface area contributed by atoms with E-state index in [4.69, 9.17) is 10.2 Å². The van der Waals surface area contributed by atoms with Crippen molar-refractivity contribution in [1.82, 2.24) is 5.32 Å². The molecule has 0 bridgehead atoms. The van der Waals surface area contributed by atoms with E-state index < -0.39 is 36.9 Å². The van der Waals surface area contributed by atoms with Crippen LogP contribution in [0.3, 0.4) is 0 Å². The largest absolute Gasteiger partial charge is 0.394 e. The normalized spacial score (nSPS) is 18.6. The van der Waals surface area contributed by atoms with Crippen LogP contribution < -0.4 is 5.32 Å². The Hall–Kier alpha value is -0.380. The van der Waals surface area contributed by atoms with Gasteiger partial charge in [0.15, 0.2) is 6.10 Å². The molecule has 0 unspecified atom stereocenters. The van der Waals surface area contributed by atoms with Crippen LogP contribution in [0.15, 0.2) is 0 Å². The van der Waals surface area contributed by atoms with Gasteiger partial charge in [-0.05, 0) is 0 Å². The van der Waals surface area contributed by atoms with Crippen molar-refractivity contribution in [3.63, 3.8) is 0 Å². The summed E-state index contributed by atoms with van der Waals surface area (Å²) in [6.07, 6.45) is -7.18. The number of carbonyl (C=O) groups excluding carboxylic acids is 1. The van der Waals surface area contributed by atoms with E-state index in [1.807, 2.05) is 0 Å². The number of aliphatic hydroxyl groups excluding tert-OH is 5. The fourth-order valence-corrected chi connectivity index (χ4v) is 1.07. The third kappa shape index (κ3) is 4.64. The first-order valence-electron chi connectivity index (χ1n) is 4.67. The van der Waals surface area contributed by atoms with Gasteiger partial charge in [0.2, 0.25) is 0 Å². The predicted molar refractivity (Wildman–Crippen MR) is 58.0 cm³/mol. The van der Waals surface area contributed by atoms with Gasteiger partial charge in [-0.1, -0.05) is 0 Å². The Labute approximate surface area is 98.1 Å². The number of thiol groups is 1. The molecule has 0 radical (unpaired) electrons.